The molecule has 0 aromatic carbocycles. The van der Waals surface area contributed by atoms with Crippen LogP contribution in [0.2, 0.25) is 0 Å². The van der Waals surface area contributed by atoms with E-state index in [1.54, 1.807) is 24.7 Å². The molecule has 1 unspecified atom stereocenters. The van der Waals surface area contributed by atoms with Gasteiger partial charge in [-0.25, -0.2) is 13.4 Å². The zero-order valence-corrected chi connectivity index (χ0v) is 12.2. The Morgan fingerprint density at radius 2 is 2.22 bits per heavy atom. The van der Waals surface area contributed by atoms with Crippen LogP contribution in [0, 0.1) is 6.92 Å². The summed E-state index contributed by atoms with van der Waals surface area (Å²) in [5, 5.41) is 0.125. The molecular formula is C11H18ClN3O2S. The number of hydrogen-bond acceptors (Lipinski definition) is 3. The summed E-state index contributed by atoms with van der Waals surface area (Å²) in [6, 6.07) is -0.104. The largest absolute Gasteiger partial charge is 0.337 e. The second-order valence-corrected chi connectivity index (χ2v) is 6.80. The van der Waals surface area contributed by atoms with Crippen LogP contribution in [-0.2, 0) is 17.1 Å². The first-order valence-corrected chi connectivity index (χ1v) is 8.02. The predicted octanol–water partition coefficient (Wildman–Crippen LogP) is 1.51. The van der Waals surface area contributed by atoms with E-state index in [1.807, 2.05) is 0 Å². The number of hydrogen-bond donors (Lipinski definition) is 0. The molecule has 1 aliphatic heterocycles. The van der Waals surface area contributed by atoms with Gasteiger partial charge in [0.25, 0.3) is 10.0 Å². The third-order valence-corrected chi connectivity index (χ3v) is 5.59. The van der Waals surface area contributed by atoms with Crippen molar-refractivity contribution in [1.29, 1.82) is 0 Å². The van der Waals surface area contributed by atoms with Crippen molar-refractivity contribution >= 4 is 21.6 Å². The summed E-state index contributed by atoms with van der Waals surface area (Å²) in [6.07, 6.45) is 4.31. The number of piperidine rings is 1. The molecule has 102 valence electrons. The van der Waals surface area contributed by atoms with Gasteiger partial charge in [0.1, 0.15) is 5.82 Å². The first-order chi connectivity index (χ1) is 8.46. The van der Waals surface area contributed by atoms with Crippen molar-refractivity contribution in [2.75, 3.05) is 12.4 Å². The average Bonchev–Trinajstić information content (AvgIpc) is 2.70. The number of rotatable bonds is 3. The van der Waals surface area contributed by atoms with E-state index in [0.29, 0.717) is 18.2 Å². The van der Waals surface area contributed by atoms with Crippen molar-refractivity contribution in [2.45, 2.75) is 37.3 Å². The molecule has 1 saturated heterocycles. The van der Waals surface area contributed by atoms with E-state index in [0.717, 1.165) is 19.3 Å². The van der Waals surface area contributed by atoms with Crippen LogP contribution in [0.5, 0.6) is 0 Å². The van der Waals surface area contributed by atoms with Gasteiger partial charge in [0, 0.05) is 31.7 Å². The molecule has 0 N–H and O–H groups in total. The number of aromatic nitrogens is 2. The Morgan fingerprint density at radius 1 is 1.50 bits per heavy atom. The molecule has 0 radical (unpaired) electrons. The van der Waals surface area contributed by atoms with Crippen LogP contribution in [0.1, 0.15) is 25.1 Å². The topological polar surface area (TPSA) is 55.2 Å². The lowest BCUT2D eigenvalue weighted by molar-refractivity contribution is 0.270. The van der Waals surface area contributed by atoms with Crippen molar-refractivity contribution in [3.05, 3.63) is 12.0 Å². The molecule has 2 rings (SSSR count). The van der Waals surface area contributed by atoms with E-state index in [2.05, 4.69) is 4.98 Å². The number of sulfonamides is 1. The molecule has 0 bridgehead atoms. The fourth-order valence-corrected chi connectivity index (χ4v) is 4.34. The summed E-state index contributed by atoms with van der Waals surface area (Å²) in [5.74, 6) is 1.03. The molecule has 5 nitrogen and oxygen atoms in total. The number of halogens is 1. The maximum atomic E-state index is 12.5. The molecule has 7 heteroatoms. The highest BCUT2D eigenvalue weighted by Crippen LogP contribution is 2.25. The minimum atomic E-state index is -3.51. The summed E-state index contributed by atoms with van der Waals surface area (Å²) in [5.41, 5.74) is 0. The highest BCUT2D eigenvalue weighted by atomic mass is 35.5. The monoisotopic (exact) mass is 291 g/mol. The minimum absolute atomic E-state index is 0.104. The lowest BCUT2D eigenvalue weighted by Gasteiger charge is -2.32. The van der Waals surface area contributed by atoms with Crippen LogP contribution in [0.15, 0.2) is 11.2 Å². The molecule has 0 saturated carbocycles. The fraction of sp³-hybridized carbons (Fsp3) is 0.727. The summed E-state index contributed by atoms with van der Waals surface area (Å²) in [6.45, 7) is 2.32. The van der Waals surface area contributed by atoms with E-state index in [1.165, 1.54) is 4.31 Å². The van der Waals surface area contributed by atoms with Crippen LogP contribution >= 0.6 is 11.6 Å². The molecule has 0 spiro atoms. The molecular weight excluding hydrogens is 274 g/mol. The third kappa shape index (κ3) is 2.41. The van der Waals surface area contributed by atoms with Gasteiger partial charge in [0.2, 0.25) is 0 Å². The highest BCUT2D eigenvalue weighted by molar-refractivity contribution is 7.89. The number of imidazole rings is 1. The number of aryl methyl sites for hydroxylation is 2. The molecule has 0 amide bonds. The Kier molecular flexibility index (Phi) is 3.99. The van der Waals surface area contributed by atoms with Crippen LogP contribution in [0.25, 0.3) is 0 Å². The van der Waals surface area contributed by atoms with Crippen molar-refractivity contribution in [3.63, 3.8) is 0 Å². The maximum Gasteiger partial charge on any atom is 0.262 e. The van der Waals surface area contributed by atoms with Gasteiger partial charge >= 0.3 is 0 Å². The predicted molar refractivity (Wildman–Crippen MR) is 70.2 cm³/mol. The molecule has 1 aliphatic rings. The zero-order chi connectivity index (χ0) is 13.3. The second-order valence-electron chi connectivity index (χ2n) is 4.66. The highest BCUT2D eigenvalue weighted by Gasteiger charge is 2.34. The van der Waals surface area contributed by atoms with Gasteiger partial charge in [0.15, 0.2) is 5.03 Å². The van der Waals surface area contributed by atoms with Gasteiger partial charge in [-0.1, -0.05) is 6.42 Å². The van der Waals surface area contributed by atoms with Crippen LogP contribution in [-0.4, -0.2) is 40.7 Å². The first-order valence-electron chi connectivity index (χ1n) is 6.04. The molecule has 1 aromatic heterocycles. The van der Waals surface area contributed by atoms with E-state index < -0.39 is 10.0 Å². The average molecular weight is 292 g/mol. The van der Waals surface area contributed by atoms with Crippen molar-refractivity contribution in [3.8, 4) is 0 Å². The Balaban J connectivity index is 2.35. The molecule has 18 heavy (non-hydrogen) atoms. The molecule has 1 atom stereocenters. The quantitative estimate of drug-likeness (QED) is 0.793. The van der Waals surface area contributed by atoms with Gasteiger partial charge in [-0.15, -0.1) is 11.6 Å². The Morgan fingerprint density at radius 3 is 2.78 bits per heavy atom. The van der Waals surface area contributed by atoms with Gasteiger partial charge in [-0.05, 0) is 19.8 Å². The Bertz CT molecular complexity index is 507. The van der Waals surface area contributed by atoms with E-state index in [9.17, 15) is 8.42 Å². The zero-order valence-electron chi connectivity index (χ0n) is 10.6. The minimum Gasteiger partial charge on any atom is -0.337 e. The SMILES string of the molecule is Cc1nc(S(=O)(=O)N2CCCCC2CCl)cn1C. The van der Waals surface area contributed by atoms with E-state index in [-0.39, 0.29) is 11.1 Å². The van der Waals surface area contributed by atoms with Crippen LogP contribution < -0.4 is 0 Å². The Labute approximate surface area is 113 Å². The third-order valence-electron chi connectivity index (χ3n) is 3.41. The first kappa shape index (κ1) is 13.8. The van der Waals surface area contributed by atoms with Gasteiger partial charge in [0.05, 0.1) is 0 Å². The smallest absolute Gasteiger partial charge is 0.262 e. The normalized spacial score (nSPS) is 22.3. The van der Waals surface area contributed by atoms with Crippen molar-refractivity contribution in [2.24, 2.45) is 7.05 Å². The van der Waals surface area contributed by atoms with Gasteiger partial charge in [-0.3, -0.25) is 0 Å². The van der Waals surface area contributed by atoms with Crippen molar-refractivity contribution < 1.29 is 8.42 Å². The summed E-state index contributed by atoms with van der Waals surface area (Å²) in [7, 11) is -1.72. The number of nitrogens with zero attached hydrogens (tertiary/aromatic N) is 3. The molecule has 1 aromatic rings. The lowest BCUT2D eigenvalue weighted by atomic mass is 10.1. The summed E-state index contributed by atoms with van der Waals surface area (Å²) < 4.78 is 28.2. The van der Waals surface area contributed by atoms with Crippen molar-refractivity contribution in [1.82, 2.24) is 13.9 Å². The molecule has 2 heterocycles. The Hall–Kier alpha value is -0.590. The summed E-state index contributed by atoms with van der Waals surface area (Å²) >= 11 is 5.87. The standard InChI is InChI=1S/C11H18ClN3O2S/c1-9-13-11(8-14(9)2)18(16,17)15-6-4-3-5-10(15)7-12/h8,10H,3-7H2,1-2H3. The van der Waals surface area contributed by atoms with E-state index in [4.69, 9.17) is 11.6 Å². The van der Waals surface area contributed by atoms with E-state index >= 15 is 0 Å². The van der Waals surface area contributed by atoms with Gasteiger partial charge in [-0.2, -0.15) is 4.31 Å². The lowest BCUT2D eigenvalue weighted by Crippen LogP contribution is -2.44. The molecule has 0 aliphatic carbocycles. The molecule has 1 fully saturated rings. The van der Waals surface area contributed by atoms with Gasteiger partial charge < -0.3 is 4.57 Å². The summed E-state index contributed by atoms with van der Waals surface area (Å²) in [4.78, 5) is 4.12. The second kappa shape index (κ2) is 5.19. The maximum absolute atomic E-state index is 12.5. The van der Waals surface area contributed by atoms with Crippen LogP contribution in [0.3, 0.4) is 0 Å². The number of alkyl halides is 1. The fourth-order valence-electron chi connectivity index (χ4n) is 2.22. The van der Waals surface area contributed by atoms with Crippen LogP contribution in [0.4, 0.5) is 0 Å².